The minimum absolute atomic E-state index is 0.225. The second kappa shape index (κ2) is 29.9. The molecule has 1 aromatic heterocycles. The molecule has 1 aliphatic rings. The average molecular weight is 705 g/mol. The molecule has 51 heavy (non-hydrogen) atoms. The molecule has 0 saturated heterocycles. The van der Waals surface area contributed by atoms with Crippen LogP contribution in [0.2, 0.25) is 0 Å². The highest BCUT2D eigenvalue weighted by Gasteiger charge is 2.15. The van der Waals surface area contributed by atoms with Gasteiger partial charge in [-0.2, -0.15) is 0 Å². The Bertz CT molecular complexity index is 1350. The Hall–Kier alpha value is -3.81. The van der Waals surface area contributed by atoms with Crippen LogP contribution in [0.1, 0.15) is 134 Å². The number of pyridine rings is 1. The number of anilines is 1. The summed E-state index contributed by atoms with van der Waals surface area (Å²) >= 11 is 0. The normalized spacial score (nSPS) is 12.2. The standard InChI is InChI=1S/C20H24O.C12H15N3O.C8H18FN.2C2H6/c1-2-16-7-11-18(12-8-16)19-13-9-17(10-14-19)15-21-20-5-3-4-6-20;1-4-8(5-2)9-6-10(12(16)14-3)11(13)15-7-9;1-3-5-6-8-10(9)7-4-2;2*1-2/h7-14,20H,2-6,15H2,1H3;4-7H,1H2,2-3H3,(H2,13,15)(H,14,16);3-8H2,1-2H3;2*1-2H3/b;8-5+;;;. The maximum atomic E-state index is 12.6. The first-order valence-electron chi connectivity index (χ1n) is 19.3. The van der Waals surface area contributed by atoms with Crippen LogP contribution in [-0.2, 0) is 17.8 Å². The average Bonchev–Trinajstić information content (AvgIpc) is 3.71. The topological polar surface area (TPSA) is 80.5 Å². The molecule has 4 rings (SSSR count). The van der Waals surface area contributed by atoms with Gasteiger partial charge in [0.1, 0.15) is 5.82 Å². The predicted molar refractivity (Wildman–Crippen MR) is 219 cm³/mol. The maximum Gasteiger partial charge on any atom is 0.254 e. The van der Waals surface area contributed by atoms with E-state index in [4.69, 9.17) is 10.5 Å². The molecule has 1 heterocycles. The van der Waals surface area contributed by atoms with E-state index in [0.717, 1.165) is 48.5 Å². The van der Waals surface area contributed by atoms with Gasteiger partial charge in [-0.15, -0.1) is 9.60 Å². The van der Waals surface area contributed by atoms with Crippen LogP contribution >= 0.6 is 0 Å². The number of aryl methyl sites for hydroxylation is 1. The molecule has 6 nitrogen and oxygen atoms in total. The van der Waals surface area contributed by atoms with Gasteiger partial charge in [0.05, 0.1) is 18.3 Å². The first kappa shape index (κ1) is 47.2. The molecule has 0 bridgehead atoms. The maximum absolute atomic E-state index is 12.6. The van der Waals surface area contributed by atoms with Crippen molar-refractivity contribution in [3.05, 3.63) is 102 Å². The third kappa shape index (κ3) is 18.8. The number of nitrogen functional groups attached to an aromatic ring is 1. The summed E-state index contributed by atoms with van der Waals surface area (Å²) in [5.41, 5.74) is 13.0. The Kier molecular flexibility index (Phi) is 27.6. The fraction of sp³-hybridized carbons (Fsp3) is 0.500. The molecule has 284 valence electrons. The van der Waals surface area contributed by atoms with Gasteiger partial charge in [0, 0.05) is 31.9 Å². The van der Waals surface area contributed by atoms with Gasteiger partial charge < -0.3 is 15.8 Å². The fourth-order valence-corrected chi connectivity index (χ4v) is 5.24. The van der Waals surface area contributed by atoms with E-state index in [-0.39, 0.29) is 11.7 Å². The molecule has 3 N–H and O–H groups in total. The van der Waals surface area contributed by atoms with Gasteiger partial charge in [0.25, 0.3) is 5.91 Å². The molecule has 1 fully saturated rings. The number of rotatable bonds is 14. The molecule has 2 aromatic carbocycles. The Morgan fingerprint density at radius 3 is 1.98 bits per heavy atom. The minimum atomic E-state index is -0.244. The van der Waals surface area contributed by atoms with Crippen molar-refractivity contribution in [3.8, 4) is 11.1 Å². The van der Waals surface area contributed by atoms with Crippen LogP contribution in [0.25, 0.3) is 16.7 Å². The van der Waals surface area contributed by atoms with Crippen molar-refractivity contribution < 1.29 is 14.0 Å². The Labute approximate surface area is 310 Å². The molecule has 0 atom stereocenters. The van der Waals surface area contributed by atoms with Crippen LogP contribution in [0.3, 0.4) is 0 Å². The van der Waals surface area contributed by atoms with E-state index in [1.807, 2.05) is 47.6 Å². The summed E-state index contributed by atoms with van der Waals surface area (Å²) in [7, 11) is 1.55. The number of nitrogens with two attached hydrogens (primary N) is 1. The summed E-state index contributed by atoms with van der Waals surface area (Å²) in [6.45, 7) is 21.9. The number of nitrogens with zero attached hydrogens (tertiary/aromatic N) is 2. The van der Waals surface area contributed by atoms with Gasteiger partial charge in [-0.3, -0.25) is 4.79 Å². The summed E-state index contributed by atoms with van der Waals surface area (Å²) < 4.78 is 18.5. The van der Waals surface area contributed by atoms with Crippen molar-refractivity contribution in [1.29, 1.82) is 0 Å². The van der Waals surface area contributed by atoms with Gasteiger partial charge in [-0.25, -0.2) is 4.98 Å². The molecule has 1 amide bonds. The van der Waals surface area contributed by atoms with Gasteiger partial charge in [-0.1, -0.05) is 141 Å². The van der Waals surface area contributed by atoms with E-state index < -0.39 is 0 Å². The van der Waals surface area contributed by atoms with Crippen LogP contribution < -0.4 is 11.1 Å². The highest BCUT2D eigenvalue weighted by Crippen LogP contribution is 2.24. The van der Waals surface area contributed by atoms with Crippen LogP contribution in [0.4, 0.5) is 10.3 Å². The lowest BCUT2D eigenvalue weighted by Gasteiger charge is -2.11. The predicted octanol–water partition coefficient (Wildman–Crippen LogP) is 11.8. The summed E-state index contributed by atoms with van der Waals surface area (Å²) in [5.74, 6) is -0.0195. The molecule has 3 aromatic rings. The summed E-state index contributed by atoms with van der Waals surface area (Å²) in [6, 6.07) is 19.3. The smallest absolute Gasteiger partial charge is 0.254 e. The van der Waals surface area contributed by atoms with E-state index in [1.165, 1.54) is 54.4 Å². The minimum Gasteiger partial charge on any atom is -0.383 e. The first-order valence-corrected chi connectivity index (χ1v) is 19.3. The largest absolute Gasteiger partial charge is 0.383 e. The number of nitrogens with one attached hydrogen (secondary N) is 1. The summed E-state index contributed by atoms with van der Waals surface area (Å²) in [6.07, 6.45) is 16.2. The summed E-state index contributed by atoms with van der Waals surface area (Å²) in [5, 5.41) is 3.43. The molecular weight excluding hydrogens is 636 g/mol. The molecule has 0 aliphatic heterocycles. The fourth-order valence-electron chi connectivity index (χ4n) is 5.24. The number of amides is 1. The summed E-state index contributed by atoms with van der Waals surface area (Å²) in [4.78, 5) is 15.5. The SMILES string of the molecule is C=C/C(=C\C)c1cnc(N)c(C(=O)NC)c1.CC.CC.CCCCCN(F)CCC.CCc1ccc(-c2ccc(COC3CCCC3)cc2)cc1. The first-order chi connectivity index (χ1) is 24.8. The lowest BCUT2D eigenvalue weighted by molar-refractivity contribution is 0.0239. The second-order valence-corrected chi connectivity index (χ2v) is 11.8. The van der Waals surface area contributed by atoms with E-state index in [1.54, 1.807) is 25.4 Å². The van der Waals surface area contributed by atoms with E-state index in [0.29, 0.717) is 24.8 Å². The van der Waals surface area contributed by atoms with Crippen molar-refractivity contribution >= 4 is 17.3 Å². The van der Waals surface area contributed by atoms with Crippen molar-refractivity contribution in [1.82, 2.24) is 15.4 Å². The monoisotopic (exact) mass is 705 g/mol. The number of aromatic nitrogens is 1. The lowest BCUT2D eigenvalue weighted by Crippen LogP contribution is -2.20. The number of ether oxygens (including phenoxy) is 1. The third-order valence-corrected chi connectivity index (χ3v) is 8.16. The third-order valence-electron chi connectivity index (χ3n) is 8.16. The molecule has 1 saturated carbocycles. The van der Waals surface area contributed by atoms with Crippen molar-refractivity contribution in [2.24, 2.45) is 0 Å². The number of allylic oxidation sites excluding steroid dienone is 3. The number of halogens is 1. The molecule has 0 spiro atoms. The van der Waals surface area contributed by atoms with Crippen molar-refractivity contribution in [2.75, 3.05) is 25.9 Å². The van der Waals surface area contributed by atoms with Crippen LogP contribution in [0, 0.1) is 0 Å². The lowest BCUT2D eigenvalue weighted by atomic mass is 10.0. The zero-order chi connectivity index (χ0) is 38.4. The van der Waals surface area contributed by atoms with Gasteiger partial charge in [-0.05, 0) is 72.9 Å². The van der Waals surface area contributed by atoms with Gasteiger partial charge in [0.2, 0.25) is 0 Å². The molecular formula is C44H69FN4O2. The quantitative estimate of drug-likeness (QED) is 0.0992. The number of unbranched alkanes of at least 4 members (excludes halogenated alkanes) is 2. The van der Waals surface area contributed by atoms with Crippen molar-refractivity contribution in [3.63, 3.8) is 0 Å². The molecule has 7 heteroatoms. The van der Waals surface area contributed by atoms with Crippen molar-refractivity contribution in [2.45, 2.75) is 126 Å². The number of hydrogen-bond acceptors (Lipinski definition) is 5. The van der Waals surface area contributed by atoms with Gasteiger partial charge >= 0.3 is 0 Å². The van der Waals surface area contributed by atoms with E-state index in [9.17, 15) is 9.28 Å². The number of benzene rings is 2. The number of carbonyl (C=O) groups excluding carboxylic acids is 1. The molecule has 1 aliphatic carbocycles. The number of carbonyl (C=O) groups is 1. The van der Waals surface area contributed by atoms with Crippen LogP contribution in [-0.4, -0.2) is 42.3 Å². The Morgan fingerprint density at radius 1 is 0.941 bits per heavy atom. The zero-order valence-corrected chi connectivity index (χ0v) is 33.4. The second-order valence-electron chi connectivity index (χ2n) is 11.8. The highest BCUT2D eigenvalue weighted by atomic mass is 19.2. The Morgan fingerprint density at radius 2 is 1.51 bits per heavy atom. The Balaban J connectivity index is 0.000000742. The molecule has 0 unspecified atom stereocenters. The van der Waals surface area contributed by atoms with Crippen LogP contribution in [0.5, 0.6) is 0 Å². The number of hydrogen-bond donors (Lipinski definition) is 2. The van der Waals surface area contributed by atoms with Crippen LogP contribution in [0.15, 0.2) is 79.5 Å². The molecule has 0 radical (unpaired) electrons. The zero-order valence-electron chi connectivity index (χ0n) is 33.4. The van der Waals surface area contributed by atoms with E-state index >= 15 is 0 Å². The van der Waals surface area contributed by atoms with Gasteiger partial charge in [0.15, 0.2) is 0 Å². The highest BCUT2D eigenvalue weighted by molar-refractivity contribution is 5.99. The van der Waals surface area contributed by atoms with E-state index in [2.05, 4.69) is 79.3 Å².